The highest BCUT2D eigenvalue weighted by molar-refractivity contribution is 5.93. The van der Waals surface area contributed by atoms with Crippen molar-refractivity contribution in [3.8, 4) is 0 Å². The number of hydrogen-bond donors (Lipinski definition) is 2. The fraction of sp³-hybridized carbons (Fsp3) is 0.647. The molecular weight excluding hydrogens is 318 g/mol. The molecule has 0 saturated heterocycles. The van der Waals surface area contributed by atoms with Crippen molar-refractivity contribution >= 4 is 11.7 Å². The lowest BCUT2D eigenvalue weighted by Crippen LogP contribution is -2.47. The maximum absolute atomic E-state index is 12.5. The number of aromatic nitrogens is 5. The molecule has 136 valence electrons. The van der Waals surface area contributed by atoms with E-state index in [1.807, 2.05) is 29.3 Å². The van der Waals surface area contributed by atoms with Gasteiger partial charge in [0, 0.05) is 18.5 Å². The normalized spacial score (nSPS) is 19.3. The van der Waals surface area contributed by atoms with E-state index in [9.17, 15) is 4.79 Å². The van der Waals surface area contributed by atoms with Crippen molar-refractivity contribution in [2.24, 2.45) is 0 Å². The van der Waals surface area contributed by atoms with Crippen LogP contribution in [0.3, 0.4) is 0 Å². The monoisotopic (exact) mass is 345 g/mol. The molecular formula is C17H27N7O. The zero-order valence-electron chi connectivity index (χ0n) is 15.4. The molecule has 25 heavy (non-hydrogen) atoms. The van der Waals surface area contributed by atoms with Crippen LogP contribution in [0.15, 0.2) is 12.3 Å². The summed E-state index contributed by atoms with van der Waals surface area (Å²) in [7, 11) is 0. The van der Waals surface area contributed by atoms with Crippen LogP contribution in [0, 0.1) is 6.92 Å². The van der Waals surface area contributed by atoms with E-state index in [-0.39, 0.29) is 24.0 Å². The van der Waals surface area contributed by atoms with Crippen LogP contribution in [0.25, 0.3) is 0 Å². The van der Waals surface area contributed by atoms with Gasteiger partial charge in [-0.25, -0.2) is 14.3 Å². The lowest BCUT2D eigenvalue weighted by atomic mass is 10.1. The Balaban J connectivity index is 1.58. The van der Waals surface area contributed by atoms with E-state index in [4.69, 9.17) is 0 Å². The summed E-state index contributed by atoms with van der Waals surface area (Å²) in [5.74, 6) is 2.53. The van der Waals surface area contributed by atoms with E-state index in [1.165, 1.54) is 0 Å². The molecule has 8 nitrogen and oxygen atoms in total. The summed E-state index contributed by atoms with van der Waals surface area (Å²) in [5.41, 5.74) is 0. The van der Waals surface area contributed by atoms with Crippen molar-refractivity contribution < 1.29 is 4.79 Å². The van der Waals surface area contributed by atoms with E-state index in [0.717, 1.165) is 43.3 Å². The smallest absolute Gasteiger partial charge is 0.242 e. The Labute approximate surface area is 148 Å². The predicted octanol–water partition coefficient (Wildman–Crippen LogP) is 1.69. The van der Waals surface area contributed by atoms with Gasteiger partial charge in [-0.15, -0.1) is 0 Å². The fourth-order valence-corrected chi connectivity index (χ4v) is 3.17. The van der Waals surface area contributed by atoms with Gasteiger partial charge < -0.3 is 10.6 Å². The molecule has 1 aliphatic heterocycles. The van der Waals surface area contributed by atoms with Crippen LogP contribution in [0.5, 0.6) is 0 Å². The summed E-state index contributed by atoms with van der Waals surface area (Å²) in [5, 5.41) is 15.1. The number of fused-ring (bicyclic) bond motifs is 1. The third-order valence-corrected chi connectivity index (χ3v) is 4.77. The van der Waals surface area contributed by atoms with Crippen LogP contribution in [-0.2, 0) is 17.8 Å². The Morgan fingerprint density at radius 1 is 1.44 bits per heavy atom. The fourth-order valence-electron chi connectivity index (χ4n) is 3.17. The minimum Gasteiger partial charge on any atom is -0.310 e. The van der Waals surface area contributed by atoms with E-state index < -0.39 is 0 Å². The minimum absolute atomic E-state index is 0.0504. The molecule has 0 fully saturated rings. The summed E-state index contributed by atoms with van der Waals surface area (Å²) < 4.78 is 3.80. The number of nitrogens with zero attached hydrogens (tertiary/aromatic N) is 5. The molecule has 0 bridgehead atoms. The van der Waals surface area contributed by atoms with Gasteiger partial charge in [-0.1, -0.05) is 6.92 Å². The van der Waals surface area contributed by atoms with Crippen LogP contribution in [0.1, 0.15) is 51.3 Å². The second kappa shape index (κ2) is 7.35. The van der Waals surface area contributed by atoms with Gasteiger partial charge in [0.05, 0.1) is 24.8 Å². The minimum atomic E-state index is -0.295. The summed E-state index contributed by atoms with van der Waals surface area (Å²) in [6.45, 7) is 8.74. The van der Waals surface area contributed by atoms with Crippen LogP contribution >= 0.6 is 0 Å². The maximum Gasteiger partial charge on any atom is 0.242 e. The van der Waals surface area contributed by atoms with Crippen LogP contribution in [0.2, 0.25) is 0 Å². The van der Waals surface area contributed by atoms with Crippen LogP contribution in [-0.4, -0.2) is 42.5 Å². The highest BCUT2D eigenvalue weighted by atomic mass is 16.2. The number of hydrogen-bond acceptors (Lipinski definition) is 5. The van der Waals surface area contributed by atoms with Gasteiger partial charge in [0.1, 0.15) is 17.5 Å². The third-order valence-electron chi connectivity index (χ3n) is 4.77. The number of amides is 1. The van der Waals surface area contributed by atoms with Crippen molar-refractivity contribution in [2.75, 3.05) is 5.32 Å². The van der Waals surface area contributed by atoms with Gasteiger partial charge in [-0.05, 0) is 33.6 Å². The third kappa shape index (κ3) is 3.89. The number of anilines is 1. The standard InChI is InChI=1S/C17H27N7O/c1-5-11(2)24-16(8-9-18-24)21-17(25)12(3)19-14-6-7-15-20-13(4)22-23(15)10-14/h8-9,11-12,14,19H,5-7,10H2,1-4H3,(H,21,25)/t11-,12-,14+/m0/s1. The molecule has 0 unspecified atom stereocenters. The van der Waals surface area contributed by atoms with Gasteiger partial charge in [0.15, 0.2) is 0 Å². The van der Waals surface area contributed by atoms with Crippen LogP contribution < -0.4 is 10.6 Å². The van der Waals surface area contributed by atoms with Crippen molar-refractivity contribution in [2.45, 2.75) is 71.6 Å². The Bertz CT molecular complexity index is 735. The molecule has 1 amide bonds. The van der Waals surface area contributed by atoms with Crippen LogP contribution in [0.4, 0.5) is 5.82 Å². The topological polar surface area (TPSA) is 89.7 Å². The molecule has 3 rings (SSSR count). The number of aryl methyl sites for hydroxylation is 2. The van der Waals surface area contributed by atoms with Crippen molar-refractivity contribution in [1.82, 2.24) is 29.9 Å². The molecule has 3 atom stereocenters. The van der Waals surface area contributed by atoms with E-state index in [1.54, 1.807) is 6.20 Å². The van der Waals surface area contributed by atoms with Crippen molar-refractivity contribution in [3.63, 3.8) is 0 Å². The molecule has 0 aromatic carbocycles. The van der Waals surface area contributed by atoms with Crippen molar-refractivity contribution in [3.05, 3.63) is 23.9 Å². The number of carbonyl (C=O) groups excluding carboxylic acids is 1. The molecule has 3 heterocycles. The molecule has 0 radical (unpaired) electrons. The lowest BCUT2D eigenvalue weighted by Gasteiger charge is -2.26. The van der Waals surface area contributed by atoms with E-state index in [2.05, 4.69) is 39.7 Å². The number of carbonyl (C=O) groups is 1. The van der Waals surface area contributed by atoms with Gasteiger partial charge in [-0.3, -0.25) is 4.79 Å². The van der Waals surface area contributed by atoms with Gasteiger partial charge in [-0.2, -0.15) is 10.2 Å². The van der Waals surface area contributed by atoms with Gasteiger partial charge >= 0.3 is 0 Å². The lowest BCUT2D eigenvalue weighted by molar-refractivity contribution is -0.118. The Kier molecular flexibility index (Phi) is 5.17. The molecule has 0 saturated carbocycles. The zero-order valence-corrected chi connectivity index (χ0v) is 15.4. The molecule has 2 aromatic rings. The summed E-state index contributed by atoms with van der Waals surface area (Å²) in [6.07, 6.45) is 4.52. The average molecular weight is 345 g/mol. The molecule has 8 heteroatoms. The maximum atomic E-state index is 12.5. The first-order valence-corrected chi connectivity index (χ1v) is 8.98. The Morgan fingerprint density at radius 2 is 2.24 bits per heavy atom. The summed E-state index contributed by atoms with van der Waals surface area (Å²) in [4.78, 5) is 17.0. The first-order valence-electron chi connectivity index (χ1n) is 8.98. The molecule has 1 aliphatic rings. The average Bonchev–Trinajstić information content (AvgIpc) is 3.19. The largest absolute Gasteiger partial charge is 0.310 e. The molecule has 0 aliphatic carbocycles. The van der Waals surface area contributed by atoms with Gasteiger partial charge in [0.2, 0.25) is 5.91 Å². The van der Waals surface area contributed by atoms with E-state index >= 15 is 0 Å². The SMILES string of the molecule is CC[C@H](C)n1nccc1NC(=O)[C@H](C)N[C@@H]1CCc2nc(C)nn2C1. The predicted molar refractivity (Wildman–Crippen MR) is 95.3 cm³/mol. The Morgan fingerprint density at radius 3 is 3.00 bits per heavy atom. The van der Waals surface area contributed by atoms with E-state index in [0.29, 0.717) is 0 Å². The van der Waals surface area contributed by atoms with Gasteiger partial charge in [0.25, 0.3) is 0 Å². The highest BCUT2D eigenvalue weighted by Crippen LogP contribution is 2.17. The first kappa shape index (κ1) is 17.6. The quantitative estimate of drug-likeness (QED) is 0.831. The zero-order chi connectivity index (χ0) is 18.0. The Hall–Kier alpha value is -2.22. The summed E-state index contributed by atoms with van der Waals surface area (Å²) >= 11 is 0. The summed E-state index contributed by atoms with van der Waals surface area (Å²) in [6, 6.07) is 2.01. The second-order valence-corrected chi connectivity index (χ2v) is 6.79. The second-order valence-electron chi connectivity index (χ2n) is 6.79. The highest BCUT2D eigenvalue weighted by Gasteiger charge is 2.24. The molecule has 2 aromatic heterocycles. The van der Waals surface area contributed by atoms with Crippen molar-refractivity contribution in [1.29, 1.82) is 0 Å². The number of rotatable bonds is 6. The molecule has 2 N–H and O–H groups in total. The first-order chi connectivity index (χ1) is 12.0. The number of nitrogens with one attached hydrogen (secondary N) is 2. The molecule has 0 spiro atoms.